The average molecular weight is 416 g/mol. The van der Waals surface area contributed by atoms with Crippen molar-refractivity contribution in [2.45, 2.75) is 50.0 Å². The summed E-state index contributed by atoms with van der Waals surface area (Å²) in [5.74, 6) is -1.22. The lowest BCUT2D eigenvalue weighted by atomic mass is 9.78. The van der Waals surface area contributed by atoms with E-state index in [0.29, 0.717) is 18.6 Å². The third kappa shape index (κ3) is 3.15. The third-order valence-electron chi connectivity index (χ3n) is 5.61. The van der Waals surface area contributed by atoms with Gasteiger partial charge in [0.25, 0.3) is 5.56 Å². The number of H-pyrrole nitrogens is 1. The maximum atomic E-state index is 12.7. The van der Waals surface area contributed by atoms with Gasteiger partial charge in [-0.3, -0.25) is 19.1 Å². The summed E-state index contributed by atoms with van der Waals surface area (Å²) in [6, 6.07) is 1.91. The summed E-state index contributed by atoms with van der Waals surface area (Å²) < 4.78 is 12.1. The van der Waals surface area contributed by atoms with Gasteiger partial charge in [0, 0.05) is 36.6 Å². The number of aliphatic hydroxyl groups is 2. The van der Waals surface area contributed by atoms with E-state index >= 15 is 0 Å². The number of nitrogens with two attached hydrogens (primary N) is 1. The van der Waals surface area contributed by atoms with E-state index < -0.39 is 42.2 Å². The van der Waals surface area contributed by atoms with Crippen LogP contribution >= 0.6 is 0 Å². The first kappa shape index (κ1) is 20.1. The minimum Gasteiger partial charge on any atom is -0.444 e. The average Bonchev–Trinajstić information content (AvgIpc) is 3.08. The van der Waals surface area contributed by atoms with Crippen molar-refractivity contribution in [3.8, 4) is 6.07 Å². The first-order valence-corrected chi connectivity index (χ1v) is 9.49. The maximum Gasteiger partial charge on any atom is 0.330 e. The van der Waals surface area contributed by atoms with Crippen LogP contribution in [0.25, 0.3) is 0 Å². The van der Waals surface area contributed by atoms with E-state index in [4.69, 9.17) is 15.2 Å². The summed E-state index contributed by atoms with van der Waals surface area (Å²) in [5, 5.41) is 28.9. The molecule has 1 aromatic rings. The minimum absolute atomic E-state index is 0.0142. The molecule has 0 saturated carbocycles. The number of aromatic nitrogens is 2. The number of allylic oxidation sites excluding steroid dienone is 3. The Morgan fingerprint density at radius 3 is 2.77 bits per heavy atom. The summed E-state index contributed by atoms with van der Waals surface area (Å²) in [7, 11) is 0. The molecule has 1 aliphatic carbocycles. The number of aliphatic hydroxyl groups excluding tert-OH is 2. The number of hydrogen-bond acceptors (Lipinski definition) is 9. The molecule has 158 valence electrons. The van der Waals surface area contributed by atoms with Gasteiger partial charge in [0.05, 0.1) is 18.6 Å². The molecule has 11 heteroatoms. The molecule has 4 atom stereocenters. The lowest BCUT2D eigenvalue weighted by Gasteiger charge is -2.30. The van der Waals surface area contributed by atoms with Crippen LogP contribution in [0.1, 0.15) is 43.4 Å². The molecule has 4 rings (SSSR count). The van der Waals surface area contributed by atoms with E-state index in [1.165, 1.54) is 6.20 Å². The Hall–Kier alpha value is -3.20. The Balaban J connectivity index is 1.86. The van der Waals surface area contributed by atoms with Crippen LogP contribution in [-0.4, -0.2) is 44.4 Å². The van der Waals surface area contributed by atoms with Crippen LogP contribution in [0.2, 0.25) is 0 Å². The molecule has 3 heterocycles. The number of carbonyl (C=O) groups excluding carboxylic acids is 1. The zero-order chi connectivity index (χ0) is 21.6. The van der Waals surface area contributed by atoms with E-state index in [1.807, 2.05) is 6.07 Å². The Morgan fingerprint density at radius 1 is 1.33 bits per heavy atom. The van der Waals surface area contributed by atoms with Crippen molar-refractivity contribution in [1.82, 2.24) is 9.55 Å². The van der Waals surface area contributed by atoms with E-state index in [1.54, 1.807) is 0 Å². The molecule has 0 aromatic carbocycles. The van der Waals surface area contributed by atoms with Gasteiger partial charge >= 0.3 is 5.69 Å². The monoisotopic (exact) mass is 416 g/mol. The number of nitrogens with one attached hydrogen (secondary N) is 1. The van der Waals surface area contributed by atoms with E-state index in [0.717, 1.165) is 4.57 Å². The molecular formula is C19H20N4O7. The second-order valence-electron chi connectivity index (χ2n) is 7.40. The van der Waals surface area contributed by atoms with E-state index in [-0.39, 0.29) is 41.2 Å². The molecule has 0 radical (unpaired) electrons. The summed E-state index contributed by atoms with van der Waals surface area (Å²) in [4.78, 5) is 39.9. The van der Waals surface area contributed by atoms with Gasteiger partial charge in [0.1, 0.15) is 29.7 Å². The zero-order valence-electron chi connectivity index (χ0n) is 15.8. The van der Waals surface area contributed by atoms with Gasteiger partial charge in [-0.05, 0) is 6.42 Å². The molecular weight excluding hydrogens is 396 g/mol. The van der Waals surface area contributed by atoms with Crippen LogP contribution < -0.4 is 17.0 Å². The van der Waals surface area contributed by atoms with Crippen LogP contribution in [0, 0.1) is 11.3 Å². The molecule has 11 nitrogen and oxygen atoms in total. The number of nitriles is 1. The third-order valence-corrected chi connectivity index (χ3v) is 5.61. The highest BCUT2D eigenvalue weighted by molar-refractivity contribution is 5.99. The van der Waals surface area contributed by atoms with Crippen molar-refractivity contribution in [3.63, 3.8) is 0 Å². The highest BCUT2D eigenvalue weighted by Gasteiger charge is 2.40. The molecule has 1 saturated heterocycles. The predicted octanol–water partition coefficient (Wildman–Crippen LogP) is -1.01. The zero-order valence-corrected chi connectivity index (χ0v) is 15.8. The SMILES string of the molecule is N#CC1=C(N)OC2=C(C(=O)CCC2)C1c1cn([C@H]2C[C@@H](O)[C@@H](CO)O2)c(=O)[nH]c1=O. The van der Waals surface area contributed by atoms with Crippen molar-refractivity contribution in [1.29, 1.82) is 5.26 Å². The Kier molecular flexibility index (Phi) is 5.07. The van der Waals surface area contributed by atoms with Crippen molar-refractivity contribution in [2.24, 2.45) is 5.73 Å². The van der Waals surface area contributed by atoms with Crippen molar-refractivity contribution in [3.05, 3.63) is 55.4 Å². The summed E-state index contributed by atoms with van der Waals surface area (Å²) in [5.41, 5.74) is 4.38. The normalized spacial score (nSPS) is 28.9. The first-order chi connectivity index (χ1) is 14.3. The number of nitrogens with zero attached hydrogens (tertiary/aromatic N) is 2. The number of ketones is 1. The molecule has 1 unspecified atom stereocenters. The summed E-state index contributed by atoms with van der Waals surface area (Å²) in [6.07, 6.45) is -0.347. The molecule has 1 aromatic heterocycles. The van der Waals surface area contributed by atoms with E-state index in [9.17, 15) is 29.9 Å². The van der Waals surface area contributed by atoms with Crippen LogP contribution in [0.5, 0.6) is 0 Å². The lowest BCUT2D eigenvalue weighted by Crippen LogP contribution is -2.37. The molecule has 2 aliphatic heterocycles. The molecule has 0 spiro atoms. The first-order valence-electron chi connectivity index (χ1n) is 9.49. The molecule has 0 amide bonds. The number of carbonyl (C=O) groups is 1. The smallest absolute Gasteiger partial charge is 0.330 e. The highest BCUT2D eigenvalue weighted by Crippen LogP contribution is 2.42. The Morgan fingerprint density at radius 2 is 2.10 bits per heavy atom. The largest absolute Gasteiger partial charge is 0.444 e. The van der Waals surface area contributed by atoms with Crippen molar-refractivity contribution in [2.75, 3.05) is 6.61 Å². The molecule has 0 bridgehead atoms. The number of ether oxygens (including phenoxy) is 2. The van der Waals surface area contributed by atoms with Gasteiger partial charge in [-0.15, -0.1) is 0 Å². The standard InChI is InChI=1S/C19H20N4O7/c20-5-8-15(16-10(25)2-1-3-12(16)30-17(8)21)9-6-23(19(28)22-18(9)27)14-4-11(26)13(7-24)29-14/h6,11,13-15,24,26H,1-4,7,21H2,(H,22,27,28)/t11-,13-,14-,15?/m1/s1. The number of Topliss-reactive ketones (excluding diaryl/α,β-unsaturated/α-hetero) is 1. The van der Waals surface area contributed by atoms with E-state index in [2.05, 4.69) is 4.98 Å². The molecule has 1 fully saturated rings. The van der Waals surface area contributed by atoms with Gasteiger partial charge in [0.2, 0.25) is 5.88 Å². The Labute approximate surface area is 169 Å². The van der Waals surface area contributed by atoms with Crippen molar-refractivity contribution < 1.29 is 24.5 Å². The van der Waals surface area contributed by atoms with Gasteiger partial charge in [-0.1, -0.05) is 0 Å². The topological polar surface area (TPSA) is 181 Å². The number of rotatable bonds is 3. The molecule has 30 heavy (non-hydrogen) atoms. The van der Waals surface area contributed by atoms with Crippen LogP contribution in [0.3, 0.4) is 0 Å². The van der Waals surface area contributed by atoms with Crippen molar-refractivity contribution >= 4 is 5.78 Å². The van der Waals surface area contributed by atoms with Crippen LogP contribution in [-0.2, 0) is 14.3 Å². The lowest BCUT2D eigenvalue weighted by molar-refractivity contribution is -0.116. The minimum atomic E-state index is -1.08. The number of hydrogen-bond donors (Lipinski definition) is 4. The Bertz CT molecular complexity index is 1120. The number of aromatic amines is 1. The summed E-state index contributed by atoms with van der Waals surface area (Å²) in [6.45, 7) is -0.439. The maximum absolute atomic E-state index is 12.7. The quantitative estimate of drug-likeness (QED) is 0.480. The van der Waals surface area contributed by atoms with Gasteiger partial charge in [-0.2, -0.15) is 5.26 Å². The fraction of sp³-hybridized carbons (Fsp3) is 0.474. The van der Waals surface area contributed by atoms with Crippen LogP contribution in [0.4, 0.5) is 0 Å². The molecule has 5 N–H and O–H groups in total. The molecule has 3 aliphatic rings. The van der Waals surface area contributed by atoms with Crippen LogP contribution in [0.15, 0.2) is 38.6 Å². The second kappa shape index (κ2) is 7.56. The predicted molar refractivity (Wildman–Crippen MR) is 99.5 cm³/mol. The van der Waals surface area contributed by atoms with Gasteiger partial charge in [0.15, 0.2) is 5.78 Å². The summed E-state index contributed by atoms with van der Waals surface area (Å²) >= 11 is 0. The van der Waals surface area contributed by atoms with Gasteiger partial charge < -0.3 is 25.4 Å². The fourth-order valence-corrected chi connectivity index (χ4v) is 4.14. The fourth-order valence-electron chi connectivity index (χ4n) is 4.14. The van der Waals surface area contributed by atoms with Gasteiger partial charge in [-0.25, -0.2) is 4.79 Å². The second-order valence-corrected chi connectivity index (χ2v) is 7.40. The highest BCUT2D eigenvalue weighted by atomic mass is 16.5.